The van der Waals surface area contributed by atoms with Gasteiger partial charge >= 0.3 is 12.1 Å². The monoisotopic (exact) mass is 310 g/mol. The van der Waals surface area contributed by atoms with Gasteiger partial charge in [0.25, 0.3) is 0 Å². The summed E-state index contributed by atoms with van der Waals surface area (Å²) in [6.07, 6.45) is -4.81. The molecule has 1 aliphatic rings. The van der Waals surface area contributed by atoms with Gasteiger partial charge in [0.2, 0.25) is 11.8 Å². The van der Waals surface area contributed by atoms with Gasteiger partial charge in [-0.15, -0.1) is 0 Å². The molecule has 120 valence electrons. The fourth-order valence-corrected chi connectivity index (χ4v) is 2.03. The summed E-state index contributed by atoms with van der Waals surface area (Å²) in [6.45, 7) is 1.11. The van der Waals surface area contributed by atoms with E-state index in [0.29, 0.717) is 4.90 Å². The lowest BCUT2D eigenvalue weighted by molar-refractivity contribution is -0.157. The molecule has 9 heteroatoms. The Bertz CT molecular complexity index is 448. The molecule has 0 saturated carbocycles. The van der Waals surface area contributed by atoms with Crippen molar-refractivity contribution in [2.24, 2.45) is 5.92 Å². The number of hydrogen-bond donors (Lipinski definition) is 1. The Morgan fingerprint density at radius 2 is 1.95 bits per heavy atom. The van der Waals surface area contributed by atoms with E-state index in [0.717, 1.165) is 7.11 Å². The molecule has 1 aliphatic heterocycles. The predicted molar refractivity (Wildman–Crippen MR) is 65.0 cm³/mol. The van der Waals surface area contributed by atoms with Gasteiger partial charge in [-0.25, -0.2) is 4.79 Å². The number of esters is 1. The molecule has 1 rings (SSSR count). The van der Waals surface area contributed by atoms with Crippen LogP contribution in [0.15, 0.2) is 0 Å². The van der Waals surface area contributed by atoms with Gasteiger partial charge in [-0.2, -0.15) is 13.2 Å². The number of halogens is 3. The molecule has 1 saturated heterocycles. The molecule has 0 bridgehead atoms. The molecule has 1 unspecified atom stereocenters. The molecule has 0 radical (unpaired) electrons. The van der Waals surface area contributed by atoms with Crippen LogP contribution in [0.25, 0.3) is 0 Å². The zero-order chi connectivity index (χ0) is 16.4. The van der Waals surface area contributed by atoms with Gasteiger partial charge < -0.3 is 15.0 Å². The highest BCUT2D eigenvalue weighted by Gasteiger charge is 2.42. The second-order valence-electron chi connectivity index (χ2n) is 5.40. The Labute approximate surface area is 119 Å². The fourth-order valence-electron chi connectivity index (χ4n) is 2.03. The molecule has 0 aromatic heterocycles. The maximum atomic E-state index is 12.3. The standard InChI is InChI=1S/C12H17F3N2O4/c1-11(2,10(20)21-3)16-9(19)7-4-8(18)17(5-7)6-12(13,14)15/h7H,4-6H2,1-3H3,(H,16,19). The van der Waals surface area contributed by atoms with Crippen molar-refractivity contribution in [3.8, 4) is 0 Å². The fraction of sp³-hybridized carbons (Fsp3) is 0.750. The van der Waals surface area contributed by atoms with Crippen LogP contribution in [-0.4, -0.2) is 54.6 Å². The first-order valence-electron chi connectivity index (χ1n) is 6.21. The average Bonchev–Trinajstić information content (AvgIpc) is 2.67. The topological polar surface area (TPSA) is 75.7 Å². The molecule has 2 amide bonds. The van der Waals surface area contributed by atoms with Crippen LogP contribution in [0, 0.1) is 5.92 Å². The van der Waals surface area contributed by atoms with Crippen LogP contribution in [0.4, 0.5) is 13.2 Å². The Morgan fingerprint density at radius 3 is 2.43 bits per heavy atom. The predicted octanol–water partition coefficient (Wildman–Crippen LogP) is 0.465. The van der Waals surface area contributed by atoms with E-state index in [1.807, 2.05) is 0 Å². The lowest BCUT2D eigenvalue weighted by Gasteiger charge is -2.25. The van der Waals surface area contributed by atoms with Gasteiger partial charge in [0.05, 0.1) is 13.0 Å². The zero-order valence-electron chi connectivity index (χ0n) is 11.9. The van der Waals surface area contributed by atoms with E-state index in [2.05, 4.69) is 10.1 Å². The molecule has 0 spiro atoms. The molecule has 6 nitrogen and oxygen atoms in total. The molecule has 1 heterocycles. The van der Waals surface area contributed by atoms with Crippen LogP contribution in [0.5, 0.6) is 0 Å². The van der Waals surface area contributed by atoms with Crippen LogP contribution in [0.3, 0.4) is 0 Å². The van der Waals surface area contributed by atoms with E-state index in [1.54, 1.807) is 0 Å². The van der Waals surface area contributed by atoms with Gasteiger partial charge in [-0.3, -0.25) is 9.59 Å². The molecular weight excluding hydrogens is 293 g/mol. The van der Waals surface area contributed by atoms with Crippen LogP contribution < -0.4 is 5.32 Å². The van der Waals surface area contributed by atoms with Crippen molar-refractivity contribution in [1.82, 2.24) is 10.2 Å². The summed E-state index contributed by atoms with van der Waals surface area (Å²) in [6, 6.07) is 0. The normalized spacial score (nSPS) is 19.6. The maximum absolute atomic E-state index is 12.3. The number of nitrogens with one attached hydrogen (secondary N) is 1. The minimum atomic E-state index is -4.51. The van der Waals surface area contributed by atoms with Crippen LogP contribution in [-0.2, 0) is 19.1 Å². The first kappa shape index (κ1) is 17.3. The quantitative estimate of drug-likeness (QED) is 0.766. The molecule has 1 N–H and O–H groups in total. The molecule has 1 atom stereocenters. The van der Waals surface area contributed by atoms with Crippen molar-refractivity contribution in [3.05, 3.63) is 0 Å². The van der Waals surface area contributed by atoms with E-state index >= 15 is 0 Å². The third-order valence-electron chi connectivity index (χ3n) is 3.09. The second kappa shape index (κ2) is 5.90. The van der Waals surface area contributed by atoms with Crippen LogP contribution in [0.1, 0.15) is 20.3 Å². The van der Waals surface area contributed by atoms with E-state index in [1.165, 1.54) is 13.8 Å². The number of carbonyl (C=O) groups is 3. The largest absolute Gasteiger partial charge is 0.467 e. The summed E-state index contributed by atoms with van der Waals surface area (Å²) >= 11 is 0. The van der Waals surface area contributed by atoms with E-state index in [9.17, 15) is 27.6 Å². The van der Waals surface area contributed by atoms with Crippen molar-refractivity contribution >= 4 is 17.8 Å². The summed E-state index contributed by atoms with van der Waals surface area (Å²) in [7, 11) is 1.15. The molecule has 1 fully saturated rings. The first-order valence-corrected chi connectivity index (χ1v) is 6.21. The third kappa shape index (κ3) is 4.61. The number of ether oxygens (including phenoxy) is 1. The van der Waals surface area contributed by atoms with Crippen molar-refractivity contribution in [1.29, 1.82) is 0 Å². The maximum Gasteiger partial charge on any atom is 0.406 e. The average molecular weight is 310 g/mol. The van der Waals surface area contributed by atoms with E-state index < -0.39 is 42.0 Å². The molecular formula is C12H17F3N2O4. The van der Waals surface area contributed by atoms with E-state index in [-0.39, 0.29) is 13.0 Å². The first-order chi connectivity index (χ1) is 9.46. The minimum absolute atomic E-state index is 0.306. The van der Waals surface area contributed by atoms with Crippen LogP contribution >= 0.6 is 0 Å². The van der Waals surface area contributed by atoms with Crippen LogP contribution in [0.2, 0.25) is 0 Å². The van der Waals surface area contributed by atoms with Crippen molar-refractivity contribution in [3.63, 3.8) is 0 Å². The Morgan fingerprint density at radius 1 is 1.38 bits per heavy atom. The SMILES string of the molecule is COC(=O)C(C)(C)NC(=O)C1CC(=O)N(CC(F)(F)F)C1. The minimum Gasteiger partial charge on any atom is -0.467 e. The number of rotatable bonds is 4. The highest BCUT2D eigenvalue weighted by Crippen LogP contribution is 2.24. The third-order valence-corrected chi connectivity index (χ3v) is 3.09. The smallest absolute Gasteiger partial charge is 0.406 e. The van der Waals surface area contributed by atoms with Crippen molar-refractivity contribution < 1.29 is 32.3 Å². The molecule has 21 heavy (non-hydrogen) atoms. The number of alkyl halides is 3. The number of likely N-dealkylation sites (tertiary alicyclic amines) is 1. The Kier molecular flexibility index (Phi) is 4.85. The summed E-state index contributed by atoms with van der Waals surface area (Å²) in [5, 5.41) is 2.38. The van der Waals surface area contributed by atoms with Gasteiger partial charge in [0, 0.05) is 13.0 Å². The molecule has 0 aromatic carbocycles. The number of carbonyl (C=O) groups excluding carboxylic acids is 3. The number of nitrogens with zero attached hydrogens (tertiary/aromatic N) is 1. The lowest BCUT2D eigenvalue weighted by atomic mass is 10.0. The molecule has 0 aromatic rings. The zero-order valence-corrected chi connectivity index (χ0v) is 11.9. The lowest BCUT2D eigenvalue weighted by Crippen LogP contribution is -2.52. The van der Waals surface area contributed by atoms with Gasteiger partial charge in [-0.05, 0) is 13.8 Å². The number of amides is 2. The van der Waals surface area contributed by atoms with Gasteiger partial charge in [0.15, 0.2) is 0 Å². The summed E-state index contributed by atoms with van der Waals surface area (Å²) in [5.74, 6) is -2.98. The highest BCUT2D eigenvalue weighted by molar-refractivity contribution is 5.92. The summed E-state index contributed by atoms with van der Waals surface area (Å²) in [5.41, 5.74) is -1.31. The van der Waals surface area contributed by atoms with Gasteiger partial charge in [0.1, 0.15) is 12.1 Å². The Balaban J connectivity index is 2.66. The number of hydrogen-bond acceptors (Lipinski definition) is 4. The van der Waals surface area contributed by atoms with Gasteiger partial charge in [-0.1, -0.05) is 0 Å². The summed E-state index contributed by atoms with van der Waals surface area (Å²) < 4.78 is 41.3. The van der Waals surface area contributed by atoms with Crippen molar-refractivity contribution in [2.45, 2.75) is 32.0 Å². The second-order valence-corrected chi connectivity index (χ2v) is 5.40. The molecule has 0 aliphatic carbocycles. The Hall–Kier alpha value is -1.80. The highest BCUT2D eigenvalue weighted by atomic mass is 19.4. The number of methoxy groups -OCH3 is 1. The van der Waals surface area contributed by atoms with Crippen molar-refractivity contribution in [2.75, 3.05) is 20.2 Å². The summed E-state index contributed by atoms with van der Waals surface area (Å²) in [4.78, 5) is 35.5. The van der Waals surface area contributed by atoms with E-state index in [4.69, 9.17) is 0 Å².